The Hall–Kier alpha value is -5.01. The molecule has 7 heteroatoms. The van der Waals surface area contributed by atoms with Gasteiger partial charge in [0.1, 0.15) is 17.2 Å². The van der Waals surface area contributed by atoms with E-state index in [1.165, 1.54) is 0 Å². The Kier molecular flexibility index (Phi) is 8.16. The number of methoxy groups -OCH3 is 3. The molecule has 3 N–H and O–H groups in total. The molecule has 0 unspecified atom stereocenters. The van der Waals surface area contributed by atoms with Crippen molar-refractivity contribution in [3.8, 4) is 17.2 Å². The fourth-order valence-corrected chi connectivity index (χ4v) is 5.77. The molecule has 43 heavy (non-hydrogen) atoms. The molecule has 1 aromatic heterocycles. The summed E-state index contributed by atoms with van der Waals surface area (Å²) in [7, 11) is 4.77. The van der Waals surface area contributed by atoms with Gasteiger partial charge in [-0.1, -0.05) is 84.9 Å². The topological polar surface area (TPSA) is 84.6 Å². The fraction of sp³-hybridized carbons (Fsp3) is 0.194. The van der Waals surface area contributed by atoms with E-state index in [2.05, 4.69) is 76.3 Å². The third kappa shape index (κ3) is 5.85. The van der Waals surface area contributed by atoms with Crippen molar-refractivity contribution >= 4 is 29.0 Å². The second-order valence-corrected chi connectivity index (χ2v) is 10.6. The predicted octanol–water partition coefficient (Wildman–Crippen LogP) is 6.28. The molecule has 0 saturated carbocycles. The normalized spacial score (nSPS) is 16.2. The van der Waals surface area contributed by atoms with Crippen molar-refractivity contribution in [3.05, 3.63) is 125 Å². The number of ether oxygens (including phenoxy) is 3. The van der Waals surface area contributed by atoms with Crippen LogP contribution in [0.2, 0.25) is 0 Å². The zero-order valence-corrected chi connectivity index (χ0v) is 24.5. The summed E-state index contributed by atoms with van der Waals surface area (Å²) < 4.78 is 16.5. The highest BCUT2D eigenvalue weighted by atomic mass is 16.5. The zero-order chi connectivity index (χ0) is 29.8. The van der Waals surface area contributed by atoms with Gasteiger partial charge < -0.3 is 24.5 Å². The van der Waals surface area contributed by atoms with Crippen molar-refractivity contribution < 1.29 is 19.0 Å². The molecule has 1 aliphatic heterocycles. The standard InChI is InChI=1S/C36H35N3O4/c1-41-26-19-32(42-2)29(33(20-26)43-3)22-37-36(40)31-21-28-27-11-7-8-12-30(27)38-35(28)34(39-31)25-17-15-24(16-18-25)14-13-23-9-5-4-6-10-23/h4-20,31,34,38-39H,21-22H2,1-3H3,(H,37,40)/b14-13+/t31-,34+/m1/s1. The first-order valence-corrected chi connectivity index (χ1v) is 14.3. The predicted molar refractivity (Wildman–Crippen MR) is 171 cm³/mol. The first-order chi connectivity index (χ1) is 21.1. The van der Waals surface area contributed by atoms with Gasteiger partial charge in [0.25, 0.3) is 0 Å². The van der Waals surface area contributed by atoms with Gasteiger partial charge in [0, 0.05) is 28.7 Å². The molecular weight excluding hydrogens is 538 g/mol. The lowest BCUT2D eigenvalue weighted by Crippen LogP contribution is -2.49. The van der Waals surface area contributed by atoms with Crippen molar-refractivity contribution in [2.24, 2.45) is 0 Å². The summed E-state index contributed by atoms with van der Waals surface area (Å²) in [6, 6.07) is 30.0. The molecule has 4 aromatic carbocycles. The summed E-state index contributed by atoms with van der Waals surface area (Å²) in [6.07, 6.45) is 4.78. The lowest BCUT2D eigenvalue weighted by atomic mass is 9.89. The molecule has 2 atom stereocenters. The van der Waals surface area contributed by atoms with Gasteiger partial charge in [0.2, 0.25) is 5.91 Å². The monoisotopic (exact) mass is 573 g/mol. The van der Waals surface area contributed by atoms with Crippen LogP contribution in [0.3, 0.4) is 0 Å². The van der Waals surface area contributed by atoms with E-state index in [1.54, 1.807) is 33.5 Å². The van der Waals surface area contributed by atoms with Crippen LogP contribution in [0, 0.1) is 0 Å². The summed E-state index contributed by atoms with van der Waals surface area (Å²) >= 11 is 0. The number of fused-ring (bicyclic) bond motifs is 3. The molecule has 0 saturated heterocycles. The number of para-hydroxylation sites is 1. The number of rotatable bonds is 9. The van der Waals surface area contributed by atoms with Crippen LogP contribution in [-0.2, 0) is 17.8 Å². The van der Waals surface area contributed by atoms with Gasteiger partial charge in [-0.3, -0.25) is 10.1 Å². The van der Waals surface area contributed by atoms with Gasteiger partial charge in [0.05, 0.1) is 45.5 Å². The number of H-pyrrole nitrogens is 1. The molecular formula is C36H35N3O4. The maximum absolute atomic E-state index is 13.7. The minimum absolute atomic E-state index is 0.0942. The summed E-state index contributed by atoms with van der Waals surface area (Å²) in [5, 5.41) is 7.89. The number of amides is 1. The Morgan fingerprint density at radius 2 is 1.49 bits per heavy atom. The Morgan fingerprint density at radius 3 is 2.16 bits per heavy atom. The maximum atomic E-state index is 13.7. The Labute approximate surface area is 251 Å². The average molecular weight is 574 g/mol. The quantitative estimate of drug-likeness (QED) is 0.181. The van der Waals surface area contributed by atoms with Crippen molar-refractivity contribution in [2.45, 2.75) is 25.0 Å². The summed E-state index contributed by atoms with van der Waals surface area (Å²) in [5.41, 5.74) is 7.41. The van der Waals surface area contributed by atoms with Gasteiger partial charge in [0.15, 0.2) is 0 Å². The summed E-state index contributed by atoms with van der Waals surface area (Å²) in [6.45, 7) is 0.251. The van der Waals surface area contributed by atoms with E-state index >= 15 is 0 Å². The Bertz CT molecular complexity index is 1730. The van der Waals surface area contributed by atoms with Crippen molar-refractivity contribution in [2.75, 3.05) is 21.3 Å². The van der Waals surface area contributed by atoms with Crippen LogP contribution in [0.15, 0.2) is 91.0 Å². The summed E-state index contributed by atoms with van der Waals surface area (Å²) in [4.78, 5) is 17.3. The molecule has 218 valence electrons. The number of aromatic amines is 1. The SMILES string of the molecule is COc1cc(OC)c(CNC(=O)[C@H]2Cc3c([nH]c4ccccc34)[C@H](c3ccc(/C=C/c4ccccc4)cc3)N2)c(OC)c1. The van der Waals surface area contributed by atoms with Crippen LogP contribution in [0.25, 0.3) is 23.1 Å². The number of hydrogen-bond donors (Lipinski definition) is 3. The average Bonchev–Trinajstić information content (AvgIpc) is 3.45. The molecule has 0 radical (unpaired) electrons. The van der Waals surface area contributed by atoms with E-state index in [9.17, 15) is 4.79 Å². The van der Waals surface area contributed by atoms with E-state index in [0.717, 1.165) is 44.4 Å². The van der Waals surface area contributed by atoms with Gasteiger partial charge in [-0.2, -0.15) is 0 Å². The zero-order valence-electron chi connectivity index (χ0n) is 24.5. The second-order valence-electron chi connectivity index (χ2n) is 10.6. The third-order valence-corrected chi connectivity index (χ3v) is 8.02. The van der Waals surface area contributed by atoms with E-state index in [0.29, 0.717) is 23.7 Å². The van der Waals surface area contributed by atoms with Gasteiger partial charge in [-0.05, 0) is 34.7 Å². The number of nitrogens with one attached hydrogen (secondary N) is 3. The van der Waals surface area contributed by atoms with Crippen LogP contribution in [0.4, 0.5) is 0 Å². The third-order valence-electron chi connectivity index (χ3n) is 8.02. The molecule has 2 heterocycles. The van der Waals surface area contributed by atoms with Crippen LogP contribution in [-0.4, -0.2) is 38.3 Å². The van der Waals surface area contributed by atoms with E-state index in [1.807, 2.05) is 30.3 Å². The van der Waals surface area contributed by atoms with Crippen LogP contribution < -0.4 is 24.8 Å². The first-order valence-electron chi connectivity index (χ1n) is 14.3. The molecule has 5 aromatic rings. The van der Waals surface area contributed by atoms with E-state index < -0.39 is 6.04 Å². The number of carbonyl (C=O) groups is 1. The number of benzene rings is 4. The van der Waals surface area contributed by atoms with E-state index in [4.69, 9.17) is 14.2 Å². The molecule has 7 nitrogen and oxygen atoms in total. The first kappa shape index (κ1) is 28.1. The lowest BCUT2D eigenvalue weighted by molar-refractivity contribution is -0.123. The minimum Gasteiger partial charge on any atom is -0.496 e. The number of carbonyl (C=O) groups excluding carboxylic acids is 1. The lowest BCUT2D eigenvalue weighted by Gasteiger charge is -2.31. The number of hydrogen-bond acceptors (Lipinski definition) is 5. The van der Waals surface area contributed by atoms with Crippen molar-refractivity contribution in [3.63, 3.8) is 0 Å². The van der Waals surface area contributed by atoms with Crippen LogP contribution >= 0.6 is 0 Å². The van der Waals surface area contributed by atoms with Crippen molar-refractivity contribution in [1.29, 1.82) is 0 Å². The van der Waals surface area contributed by atoms with Crippen LogP contribution in [0.5, 0.6) is 17.2 Å². The largest absolute Gasteiger partial charge is 0.496 e. The second kappa shape index (κ2) is 12.5. The molecule has 1 amide bonds. The van der Waals surface area contributed by atoms with Crippen molar-refractivity contribution in [1.82, 2.24) is 15.6 Å². The van der Waals surface area contributed by atoms with Gasteiger partial charge >= 0.3 is 0 Å². The molecule has 0 bridgehead atoms. The molecule has 1 aliphatic rings. The molecule has 6 rings (SSSR count). The highest BCUT2D eigenvalue weighted by molar-refractivity contribution is 5.88. The summed E-state index contributed by atoms with van der Waals surface area (Å²) in [5.74, 6) is 1.70. The molecule has 0 aliphatic carbocycles. The smallest absolute Gasteiger partial charge is 0.237 e. The fourth-order valence-electron chi connectivity index (χ4n) is 5.77. The highest BCUT2D eigenvalue weighted by Crippen LogP contribution is 2.36. The van der Waals surface area contributed by atoms with Crippen LogP contribution in [0.1, 0.15) is 39.6 Å². The van der Waals surface area contributed by atoms with E-state index in [-0.39, 0.29) is 18.5 Å². The minimum atomic E-state index is -0.440. The molecule has 0 spiro atoms. The number of aromatic nitrogens is 1. The maximum Gasteiger partial charge on any atom is 0.237 e. The Morgan fingerprint density at radius 1 is 0.837 bits per heavy atom. The Balaban J connectivity index is 1.26. The molecule has 0 fully saturated rings. The van der Waals surface area contributed by atoms with Gasteiger partial charge in [-0.25, -0.2) is 0 Å². The van der Waals surface area contributed by atoms with Gasteiger partial charge in [-0.15, -0.1) is 0 Å². The highest BCUT2D eigenvalue weighted by Gasteiger charge is 2.34.